The van der Waals surface area contributed by atoms with E-state index in [1.807, 2.05) is 18.2 Å². The van der Waals surface area contributed by atoms with Crippen LogP contribution in [0.3, 0.4) is 0 Å². The number of likely N-dealkylation sites (tertiary alicyclic amines) is 1. The van der Waals surface area contributed by atoms with Gasteiger partial charge >= 0.3 is 0 Å². The van der Waals surface area contributed by atoms with Crippen molar-refractivity contribution in [2.24, 2.45) is 0 Å². The summed E-state index contributed by atoms with van der Waals surface area (Å²) in [6.07, 6.45) is 4.64. The second kappa shape index (κ2) is 11.7. The van der Waals surface area contributed by atoms with Gasteiger partial charge in [0.05, 0.1) is 7.11 Å². The van der Waals surface area contributed by atoms with Crippen molar-refractivity contribution >= 4 is 17.7 Å². The smallest absolute Gasteiger partial charge is 0.261 e. The van der Waals surface area contributed by atoms with Gasteiger partial charge in [-0.05, 0) is 74.9 Å². The molecule has 186 valence electrons. The quantitative estimate of drug-likeness (QED) is 0.607. The number of nitrogens with one attached hydrogen (secondary N) is 2. The Bertz CT molecular complexity index is 1000. The molecule has 1 atom stereocenters. The molecule has 2 fully saturated rings. The van der Waals surface area contributed by atoms with E-state index in [0.717, 1.165) is 32.1 Å². The molecular formula is C27H33N3O5. The molecule has 0 unspecified atom stereocenters. The normalized spacial score (nSPS) is 21.7. The van der Waals surface area contributed by atoms with Gasteiger partial charge in [-0.15, -0.1) is 0 Å². The average molecular weight is 480 g/mol. The van der Waals surface area contributed by atoms with Crippen LogP contribution >= 0.6 is 0 Å². The molecule has 2 aliphatic rings. The van der Waals surface area contributed by atoms with Gasteiger partial charge in [-0.1, -0.05) is 18.2 Å². The molecule has 2 aromatic rings. The Morgan fingerprint density at radius 3 is 2.17 bits per heavy atom. The highest BCUT2D eigenvalue weighted by molar-refractivity contribution is 5.94. The van der Waals surface area contributed by atoms with E-state index in [2.05, 4.69) is 10.6 Å². The van der Waals surface area contributed by atoms with E-state index in [9.17, 15) is 14.4 Å². The van der Waals surface area contributed by atoms with Crippen LogP contribution in [0.1, 0.15) is 48.9 Å². The van der Waals surface area contributed by atoms with Gasteiger partial charge in [-0.25, -0.2) is 0 Å². The number of benzene rings is 2. The second-order valence-electron chi connectivity index (χ2n) is 9.11. The minimum atomic E-state index is -0.450. The van der Waals surface area contributed by atoms with Crippen molar-refractivity contribution in [3.05, 3.63) is 60.2 Å². The lowest BCUT2D eigenvalue weighted by Gasteiger charge is -2.31. The van der Waals surface area contributed by atoms with Gasteiger partial charge in [0.1, 0.15) is 17.5 Å². The van der Waals surface area contributed by atoms with Crippen molar-refractivity contribution in [3.8, 4) is 11.5 Å². The molecule has 1 aliphatic heterocycles. The largest absolute Gasteiger partial charge is 0.497 e. The third-order valence-corrected chi connectivity index (χ3v) is 6.74. The Kier molecular flexibility index (Phi) is 8.23. The number of methoxy groups -OCH3 is 1. The second-order valence-corrected chi connectivity index (χ2v) is 9.11. The Hall–Kier alpha value is -3.55. The molecular weight excluding hydrogens is 446 g/mol. The lowest BCUT2D eigenvalue weighted by molar-refractivity contribution is -0.140. The van der Waals surface area contributed by atoms with Crippen molar-refractivity contribution in [1.29, 1.82) is 0 Å². The molecule has 1 saturated carbocycles. The Morgan fingerprint density at radius 1 is 0.857 bits per heavy atom. The third-order valence-electron chi connectivity index (χ3n) is 6.74. The number of amides is 3. The van der Waals surface area contributed by atoms with Gasteiger partial charge in [0.2, 0.25) is 5.91 Å². The molecule has 2 aromatic carbocycles. The first-order valence-corrected chi connectivity index (χ1v) is 12.3. The van der Waals surface area contributed by atoms with Crippen LogP contribution in [-0.4, -0.2) is 61.0 Å². The van der Waals surface area contributed by atoms with Gasteiger partial charge < -0.3 is 25.0 Å². The number of carbonyl (C=O) groups is 3. The van der Waals surface area contributed by atoms with Crippen LogP contribution in [0.2, 0.25) is 0 Å². The number of nitrogens with zero attached hydrogens (tertiary/aromatic N) is 1. The molecule has 0 bridgehead atoms. The number of hydrogen-bond acceptors (Lipinski definition) is 5. The molecule has 0 aromatic heterocycles. The molecule has 8 nitrogen and oxygen atoms in total. The maximum absolute atomic E-state index is 13.0. The fourth-order valence-corrected chi connectivity index (χ4v) is 4.77. The molecule has 3 amide bonds. The van der Waals surface area contributed by atoms with E-state index in [1.54, 1.807) is 48.4 Å². The highest BCUT2D eigenvalue weighted by Crippen LogP contribution is 2.22. The zero-order valence-electron chi connectivity index (χ0n) is 20.1. The summed E-state index contributed by atoms with van der Waals surface area (Å²) in [6, 6.07) is 15.9. The minimum Gasteiger partial charge on any atom is -0.497 e. The molecule has 2 N–H and O–H groups in total. The van der Waals surface area contributed by atoms with E-state index in [-0.39, 0.29) is 36.4 Å². The summed E-state index contributed by atoms with van der Waals surface area (Å²) in [5.41, 5.74) is 0.600. The molecule has 1 heterocycles. The Labute approximate surface area is 206 Å². The van der Waals surface area contributed by atoms with E-state index in [0.29, 0.717) is 30.0 Å². The van der Waals surface area contributed by atoms with Crippen molar-refractivity contribution in [2.45, 2.75) is 56.7 Å². The van der Waals surface area contributed by atoms with Crippen molar-refractivity contribution in [3.63, 3.8) is 0 Å². The molecule has 1 aliphatic carbocycles. The van der Waals surface area contributed by atoms with Crippen LogP contribution in [0.15, 0.2) is 54.6 Å². The SMILES string of the molecule is COc1ccc(C(=O)NC2CCC(NC(=O)[C@H]3CCCN3C(=O)COc3ccccc3)CC2)cc1. The van der Waals surface area contributed by atoms with Crippen molar-refractivity contribution in [2.75, 3.05) is 20.3 Å². The summed E-state index contributed by atoms with van der Waals surface area (Å²) >= 11 is 0. The maximum atomic E-state index is 13.0. The summed E-state index contributed by atoms with van der Waals surface area (Å²) in [6.45, 7) is 0.492. The topological polar surface area (TPSA) is 97.0 Å². The lowest BCUT2D eigenvalue weighted by atomic mass is 9.90. The first kappa shape index (κ1) is 24.6. The Balaban J connectivity index is 1.21. The van der Waals surface area contributed by atoms with Crippen LogP contribution in [0.25, 0.3) is 0 Å². The summed E-state index contributed by atoms with van der Waals surface area (Å²) in [7, 11) is 1.59. The fraction of sp³-hybridized carbons (Fsp3) is 0.444. The highest BCUT2D eigenvalue weighted by atomic mass is 16.5. The summed E-state index contributed by atoms with van der Waals surface area (Å²) in [5.74, 6) is 0.983. The minimum absolute atomic E-state index is 0.0507. The lowest BCUT2D eigenvalue weighted by Crippen LogP contribution is -2.51. The first-order valence-electron chi connectivity index (χ1n) is 12.3. The van der Waals surface area contributed by atoms with E-state index in [4.69, 9.17) is 9.47 Å². The van der Waals surface area contributed by atoms with Crippen LogP contribution in [0.5, 0.6) is 11.5 Å². The zero-order chi connectivity index (χ0) is 24.6. The molecule has 0 spiro atoms. The zero-order valence-corrected chi connectivity index (χ0v) is 20.1. The van der Waals surface area contributed by atoms with Crippen molar-refractivity contribution in [1.82, 2.24) is 15.5 Å². The number of carbonyl (C=O) groups excluding carboxylic acids is 3. The number of ether oxygens (including phenoxy) is 2. The maximum Gasteiger partial charge on any atom is 0.261 e. The summed E-state index contributed by atoms with van der Waals surface area (Å²) in [4.78, 5) is 39.8. The molecule has 35 heavy (non-hydrogen) atoms. The summed E-state index contributed by atoms with van der Waals surface area (Å²) < 4.78 is 10.7. The van der Waals surface area contributed by atoms with Gasteiger partial charge in [0.15, 0.2) is 6.61 Å². The molecule has 4 rings (SSSR count). The van der Waals surface area contributed by atoms with Gasteiger partial charge in [0, 0.05) is 24.2 Å². The number of para-hydroxylation sites is 1. The standard InChI is InChI=1S/C27H33N3O5/c1-34-22-15-9-19(10-16-22)26(32)28-20-11-13-21(14-12-20)29-27(33)24-8-5-17-30(24)25(31)18-35-23-6-3-2-4-7-23/h2-4,6-7,9-10,15-16,20-21,24H,5,8,11-14,17-18H2,1H3,(H,28,32)(H,29,33)/t20?,21?,24-/m1/s1. The van der Waals surface area contributed by atoms with Crippen LogP contribution in [-0.2, 0) is 9.59 Å². The molecule has 8 heteroatoms. The van der Waals surface area contributed by atoms with Gasteiger partial charge in [0.25, 0.3) is 11.8 Å². The fourth-order valence-electron chi connectivity index (χ4n) is 4.77. The number of rotatable bonds is 8. The predicted molar refractivity (Wildman–Crippen MR) is 131 cm³/mol. The molecule has 0 radical (unpaired) electrons. The summed E-state index contributed by atoms with van der Waals surface area (Å²) in [5, 5.41) is 6.23. The van der Waals surface area contributed by atoms with Crippen LogP contribution < -0.4 is 20.1 Å². The van der Waals surface area contributed by atoms with E-state index in [1.165, 1.54) is 0 Å². The predicted octanol–water partition coefficient (Wildman–Crippen LogP) is 2.92. The monoisotopic (exact) mass is 479 g/mol. The molecule has 1 saturated heterocycles. The van der Waals surface area contributed by atoms with Crippen molar-refractivity contribution < 1.29 is 23.9 Å². The van der Waals surface area contributed by atoms with E-state index >= 15 is 0 Å². The average Bonchev–Trinajstić information content (AvgIpc) is 3.39. The third kappa shape index (κ3) is 6.53. The van der Waals surface area contributed by atoms with E-state index < -0.39 is 6.04 Å². The first-order chi connectivity index (χ1) is 17.0. The van der Waals surface area contributed by atoms with Crippen LogP contribution in [0, 0.1) is 0 Å². The number of hydrogen-bond donors (Lipinski definition) is 2. The van der Waals surface area contributed by atoms with Gasteiger partial charge in [-0.2, -0.15) is 0 Å². The Morgan fingerprint density at radius 2 is 1.51 bits per heavy atom. The highest BCUT2D eigenvalue weighted by Gasteiger charge is 2.35. The van der Waals surface area contributed by atoms with Gasteiger partial charge in [-0.3, -0.25) is 14.4 Å². The van der Waals surface area contributed by atoms with Crippen LogP contribution in [0.4, 0.5) is 0 Å².